The lowest BCUT2D eigenvalue weighted by molar-refractivity contribution is -0.274. The Morgan fingerprint density at radius 2 is 1.91 bits per heavy atom. The molecule has 7 nitrogen and oxygen atoms in total. The molecular weight excluding hydrogens is 555 g/mol. The highest BCUT2D eigenvalue weighted by molar-refractivity contribution is 6.54. The third-order valence-corrected chi connectivity index (χ3v) is 7.21. The van der Waals surface area contributed by atoms with Crippen molar-refractivity contribution in [2.45, 2.75) is 42.3 Å². The number of esters is 1. The summed E-state index contributed by atoms with van der Waals surface area (Å²) in [5.41, 5.74) is -1.72. The molecule has 1 atom stereocenters. The Hall–Kier alpha value is -2.06. The van der Waals surface area contributed by atoms with Gasteiger partial charge in [0, 0.05) is 25.1 Å². The summed E-state index contributed by atoms with van der Waals surface area (Å²) < 4.78 is 46.8. The predicted molar refractivity (Wildman–Crippen MR) is 124 cm³/mol. The maximum atomic E-state index is 13.0. The predicted octanol–water partition coefficient (Wildman–Crippen LogP) is 6.15. The lowest BCUT2D eigenvalue weighted by Gasteiger charge is -2.20. The SMILES string of the molecule is CCOC(=O)C1(c2c(C#N)nn(-c3c(Cl)cc(OC(F)(F)F)cc3Cl)c2NCC2CC2)CC1(Cl)Cl. The zero-order chi connectivity index (χ0) is 25.8. The van der Waals surface area contributed by atoms with Crippen molar-refractivity contribution in [2.75, 3.05) is 18.5 Å². The van der Waals surface area contributed by atoms with Crippen LogP contribution in [-0.4, -0.2) is 39.6 Å². The number of nitrogens with one attached hydrogen (secondary N) is 1. The summed E-state index contributed by atoms with van der Waals surface area (Å²) in [6.45, 7) is 2.12. The fraction of sp³-hybridized carbons (Fsp3) is 0.476. The van der Waals surface area contributed by atoms with E-state index in [-0.39, 0.29) is 45.8 Å². The van der Waals surface area contributed by atoms with Crippen molar-refractivity contribution in [3.05, 3.63) is 33.4 Å². The second-order valence-electron chi connectivity index (χ2n) is 8.21. The van der Waals surface area contributed by atoms with Gasteiger partial charge < -0.3 is 14.8 Å². The summed E-state index contributed by atoms with van der Waals surface area (Å²) in [5.74, 6) is -0.860. The number of nitriles is 1. The Balaban J connectivity index is 1.90. The number of rotatable bonds is 8. The summed E-state index contributed by atoms with van der Waals surface area (Å²) in [5, 5.41) is 16.8. The maximum absolute atomic E-state index is 13.0. The van der Waals surface area contributed by atoms with Crippen LogP contribution in [0.15, 0.2) is 12.1 Å². The lowest BCUT2D eigenvalue weighted by Crippen LogP contribution is -2.30. The van der Waals surface area contributed by atoms with Gasteiger partial charge in [-0.25, -0.2) is 4.68 Å². The van der Waals surface area contributed by atoms with Crippen LogP contribution in [0.5, 0.6) is 5.75 Å². The van der Waals surface area contributed by atoms with E-state index in [4.69, 9.17) is 51.1 Å². The summed E-state index contributed by atoms with van der Waals surface area (Å²) in [6, 6.07) is 3.77. The van der Waals surface area contributed by atoms with Gasteiger partial charge in [0.2, 0.25) is 0 Å². The van der Waals surface area contributed by atoms with Gasteiger partial charge in [0.25, 0.3) is 0 Å². The van der Waals surface area contributed by atoms with Gasteiger partial charge in [-0.2, -0.15) is 10.4 Å². The van der Waals surface area contributed by atoms with Gasteiger partial charge >= 0.3 is 12.3 Å². The van der Waals surface area contributed by atoms with E-state index in [9.17, 15) is 23.2 Å². The molecule has 0 spiro atoms. The summed E-state index contributed by atoms with van der Waals surface area (Å²) in [6.07, 6.45) is -3.05. The number of nitrogens with zero attached hydrogens (tertiary/aromatic N) is 3. The largest absolute Gasteiger partial charge is 0.573 e. The first-order valence-electron chi connectivity index (χ1n) is 10.4. The number of halogens is 7. The van der Waals surface area contributed by atoms with Crippen molar-refractivity contribution in [1.29, 1.82) is 5.26 Å². The van der Waals surface area contributed by atoms with E-state index in [0.717, 1.165) is 25.0 Å². The minimum atomic E-state index is -4.96. The maximum Gasteiger partial charge on any atom is 0.573 e. The fourth-order valence-corrected chi connectivity index (χ4v) is 5.24. The molecule has 1 aromatic carbocycles. The molecule has 14 heteroatoms. The van der Waals surface area contributed by atoms with Crippen molar-refractivity contribution in [2.24, 2.45) is 5.92 Å². The van der Waals surface area contributed by atoms with E-state index >= 15 is 0 Å². The first kappa shape index (κ1) is 26.0. The molecular formula is C21H17Cl4F3N4O3. The van der Waals surface area contributed by atoms with Gasteiger partial charge in [-0.05, 0) is 25.7 Å². The van der Waals surface area contributed by atoms with E-state index in [1.807, 2.05) is 6.07 Å². The van der Waals surface area contributed by atoms with E-state index < -0.39 is 27.8 Å². The monoisotopic (exact) mass is 570 g/mol. The standard InChI is InChI=1S/C21H17Cl4F3N4O3/c1-2-34-18(33)19(9-20(19,24)25)15-14(7-29)31-32(17(15)30-8-10-3-4-10)16-12(22)5-11(6-13(16)23)35-21(26,27)28/h5-6,10,30H,2-4,8-9H2,1H3. The first-order valence-corrected chi connectivity index (χ1v) is 11.9. The second kappa shape index (κ2) is 9.11. The van der Waals surface area contributed by atoms with Crippen LogP contribution in [0.25, 0.3) is 5.69 Å². The first-order chi connectivity index (χ1) is 16.3. The molecule has 0 aliphatic heterocycles. The van der Waals surface area contributed by atoms with E-state index in [1.54, 1.807) is 6.92 Å². The van der Waals surface area contributed by atoms with Gasteiger partial charge in [0.05, 0.1) is 22.2 Å². The highest BCUT2D eigenvalue weighted by atomic mass is 35.5. The average molecular weight is 572 g/mol. The molecule has 1 heterocycles. The quantitative estimate of drug-likeness (QED) is 0.302. The molecule has 4 rings (SSSR count). The normalized spacial score (nSPS) is 20.8. The molecule has 1 N–H and O–H groups in total. The third kappa shape index (κ3) is 4.84. The molecule has 2 saturated carbocycles. The molecule has 0 bridgehead atoms. The van der Waals surface area contributed by atoms with Crippen LogP contribution in [0, 0.1) is 17.2 Å². The second-order valence-corrected chi connectivity index (χ2v) is 10.5. The van der Waals surface area contributed by atoms with Gasteiger partial charge in [-0.15, -0.1) is 13.2 Å². The smallest absolute Gasteiger partial charge is 0.465 e. The Morgan fingerprint density at radius 1 is 1.31 bits per heavy atom. The molecule has 2 aliphatic carbocycles. The number of aromatic nitrogens is 2. The molecule has 2 aromatic rings. The average Bonchev–Trinajstić information content (AvgIpc) is 3.62. The van der Waals surface area contributed by atoms with Gasteiger partial charge in [0.1, 0.15) is 33.1 Å². The number of alkyl halides is 5. The van der Waals surface area contributed by atoms with E-state index in [1.165, 1.54) is 4.68 Å². The van der Waals surface area contributed by atoms with Crippen LogP contribution in [0.1, 0.15) is 37.4 Å². The molecule has 0 amide bonds. The Labute approximate surface area is 218 Å². The van der Waals surface area contributed by atoms with Crippen molar-refractivity contribution < 1.29 is 27.4 Å². The molecule has 2 aliphatic rings. The van der Waals surface area contributed by atoms with Crippen LogP contribution >= 0.6 is 46.4 Å². The third-order valence-electron chi connectivity index (χ3n) is 5.72. The zero-order valence-corrected chi connectivity index (χ0v) is 21.0. The zero-order valence-electron chi connectivity index (χ0n) is 18.0. The highest BCUT2D eigenvalue weighted by Gasteiger charge is 2.75. The summed E-state index contributed by atoms with van der Waals surface area (Å²) >= 11 is 25.4. The molecule has 1 aromatic heterocycles. The summed E-state index contributed by atoms with van der Waals surface area (Å²) in [4.78, 5) is 13.0. The van der Waals surface area contributed by atoms with Crippen molar-refractivity contribution >= 4 is 58.2 Å². The van der Waals surface area contributed by atoms with Crippen LogP contribution in [0.3, 0.4) is 0 Å². The number of hydrogen-bond donors (Lipinski definition) is 1. The van der Waals surface area contributed by atoms with Crippen molar-refractivity contribution in [3.63, 3.8) is 0 Å². The Bertz CT molecular complexity index is 1200. The summed E-state index contributed by atoms with van der Waals surface area (Å²) in [7, 11) is 0. The highest BCUT2D eigenvalue weighted by Crippen LogP contribution is 2.67. The van der Waals surface area contributed by atoms with E-state index in [2.05, 4.69) is 15.2 Å². The molecule has 188 valence electrons. The van der Waals surface area contributed by atoms with Crippen LogP contribution in [-0.2, 0) is 14.9 Å². The molecule has 0 saturated heterocycles. The van der Waals surface area contributed by atoms with Gasteiger partial charge in [-0.1, -0.05) is 46.4 Å². The number of carbonyl (C=O) groups excluding carboxylic acids is 1. The molecule has 1 unspecified atom stereocenters. The number of anilines is 1. The Morgan fingerprint density at radius 3 is 2.37 bits per heavy atom. The van der Waals surface area contributed by atoms with Crippen LogP contribution < -0.4 is 10.1 Å². The van der Waals surface area contributed by atoms with Gasteiger partial charge in [0.15, 0.2) is 5.69 Å². The number of hydrogen-bond acceptors (Lipinski definition) is 6. The molecule has 0 radical (unpaired) electrons. The molecule has 35 heavy (non-hydrogen) atoms. The van der Waals surface area contributed by atoms with Crippen LogP contribution in [0.4, 0.5) is 19.0 Å². The Kier molecular flexibility index (Phi) is 6.77. The topological polar surface area (TPSA) is 89.2 Å². The number of ether oxygens (including phenoxy) is 2. The van der Waals surface area contributed by atoms with Crippen LogP contribution in [0.2, 0.25) is 10.0 Å². The number of benzene rings is 1. The number of carbonyl (C=O) groups is 1. The lowest BCUT2D eigenvalue weighted by atomic mass is 9.95. The molecule has 2 fully saturated rings. The fourth-order valence-electron chi connectivity index (χ4n) is 3.86. The minimum absolute atomic E-state index is 0.0293. The van der Waals surface area contributed by atoms with E-state index in [0.29, 0.717) is 12.5 Å². The van der Waals surface area contributed by atoms with Crippen molar-refractivity contribution in [1.82, 2.24) is 9.78 Å². The minimum Gasteiger partial charge on any atom is -0.465 e. The van der Waals surface area contributed by atoms with Gasteiger partial charge in [-0.3, -0.25) is 4.79 Å². The van der Waals surface area contributed by atoms with Crippen molar-refractivity contribution in [3.8, 4) is 17.5 Å².